The van der Waals surface area contributed by atoms with E-state index in [0.717, 1.165) is 10.9 Å². The van der Waals surface area contributed by atoms with Gasteiger partial charge in [0.15, 0.2) is 5.75 Å². The number of carbonyl (C=O) groups excluding carboxylic acids is 1. The van der Waals surface area contributed by atoms with E-state index in [-0.39, 0.29) is 0 Å². The highest BCUT2D eigenvalue weighted by molar-refractivity contribution is 6.06. The van der Waals surface area contributed by atoms with Crippen LogP contribution in [0.25, 0.3) is 10.9 Å². The summed E-state index contributed by atoms with van der Waals surface area (Å²) in [5, 5.41) is 0.738. The van der Waals surface area contributed by atoms with Crippen LogP contribution in [-0.2, 0) is 4.74 Å². The van der Waals surface area contributed by atoms with E-state index in [1.54, 1.807) is 6.92 Å². The first-order valence-corrected chi connectivity index (χ1v) is 5.20. The number of para-hydroxylation sites is 1. The molecule has 0 spiro atoms. The van der Waals surface area contributed by atoms with E-state index in [9.17, 15) is 4.79 Å². The third-order valence-electron chi connectivity index (χ3n) is 2.61. The maximum absolute atomic E-state index is 11.8. The van der Waals surface area contributed by atoms with Crippen LogP contribution in [0.1, 0.15) is 16.1 Å². The summed E-state index contributed by atoms with van der Waals surface area (Å²) in [7, 11) is 2.87. The van der Waals surface area contributed by atoms with Gasteiger partial charge in [0.2, 0.25) is 0 Å². The van der Waals surface area contributed by atoms with Gasteiger partial charge in [0.25, 0.3) is 0 Å². The lowest BCUT2D eigenvalue weighted by Gasteiger charge is -2.12. The molecule has 88 valence electrons. The average Bonchev–Trinajstić information content (AvgIpc) is 2.36. The summed E-state index contributed by atoms with van der Waals surface area (Å²) in [6.07, 6.45) is 0. The molecule has 0 aliphatic carbocycles. The molecule has 1 aromatic carbocycles. The van der Waals surface area contributed by atoms with Crippen LogP contribution in [0.15, 0.2) is 24.3 Å². The van der Waals surface area contributed by atoms with Gasteiger partial charge in [0.05, 0.1) is 25.4 Å². The van der Waals surface area contributed by atoms with E-state index in [1.165, 1.54) is 14.2 Å². The lowest BCUT2D eigenvalue weighted by atomic mass is 10.1. The van der Waals surface area contributed by atoms with Crippen LogP contribution in [0.3, 0.4) is 0 Å². The Morgan fingerprint density at radius 2 is 1.94 bits per heavy atom. The molecule has 0 atom stereocenters. The van der Waals surface area contributed by atoms with Crippen molar-refractivity contribution in [2.45, 2.75) is 6.92 Å². The average molecular weight is 231 g/mol. The molecule has 0 aliphatic rings. The Kier molecular flexibility index (Phi) is 2.95. The minimum atomic E-state index is -0.413. The molecule has 4 heteroatoms. The van der Waals surface area contributed by atoms with Crippen molar-refractivity contribution in [1.29, 1.82) is 0 Å². The summed E-state index contributed by atoms with van der Waals surface area (Å²) in [5.74, 6) is 0.0547. The van der Waals surface area contributed by atoms with E-state index in [2.05, 4.69) is 4.98 Å². The number of rotatable bonds is 2. The minimum absolute atomic E-state index is 0.413. The third kappa shape index (κ3) is 1.82. The van der Waals surface area contributed by atoms with Gasteiger partial charge in [-0.05, 0) is 13.0 Å². The van der Waals surface area contributed by atoms with E-state index >= 15 is 0 Å². The molecule has 0 fully saturated rings. The molecule has 17 heavy (non-hydrogen) atoms. The Balaban J connectivity index is 2.86. The molecule has 0 saturated heterocycles. The highest BCUT2D eigenvalue weighted by Crippen LogP contribution is 2.29. The monoisotopic (exact) mass is 231 g/mol. The second-order valence-electron chi connectivity index (χ2n) is 3.61. The Morgan fingerprint density at radius 3 is 2.59 bits per heavy atom. The predicted octanol–water partition coefficient (Wildman–Crippen LogP) is 2.34. The quantitative estimate of drug-likeness (QED) is 0.744. The molecule has 4 nitrogen and oxygen atoms in total. The molecule has 0 unspecified atom stereocenters. The highest BCUT2D eigenvalue weighted by Gasteiger charge is 2.19. The molecular formula is C13H13NO3. The van der Waals surface area contributed by atoms with E-state index in [0.29, 0.717) is 17.0 Å². The van der Waals surface area contributed by atoms with Crippen LogP contribution in [0, 0.1) is 6.92 Å². The number of aromatic nitrogens is 1. The van der Waals surface area contributed by atoms with Crippen LogP contribution in [0.5, 0.6) is 5.75 Å². The first-order valence-electron chi connectivity index (χ1n) is 5.20. The Morgan fingerprint density at radius 1 is 1.24 bits per heavy atom. The zero-order valence-electron chi connectivity index (χ0n) is 9.98. The number of ether oxygens (including phenoxy) is 2. The summed E-state index contributed by atoms with van der Waals surface area (Å²) >= 11 is 0. The van der Waals surface area contributed by atoms with Crippen molar-refractivity contribution < 1.29 is 14.3 Å². The van der Waals surface area contributed by atoms with E-state index < -0.39 is 5.97 Å². The Labute approximate surface area is 99.2 Å². The number of hydrogen-bond acceptors (Lipinski definition) is 4. The zero-order chi connectivity index (χ0) is 12.4. The fourth-order valence-corrected chi connectivity index (χ4v) is 1.87. The normalized spacial score (nSPS) is 10.3. The summed E-state index contributed by atoms with van der Waals surface area (Å²) in [6, 6.07) is 7.41. The van der Waals surface area contributed by atoms with Gasteiger partial charge in [-0.25, -0.2) is 9.78 Å². The largest absolute Gasteiger partial charge is 0.494 e. The number of methoxy groups -OCH3 is 2. The molecule has 2 aromatic rings. The van der Waals surface area contributed by atoms with Gasteiger partial charge in [0, 0.05) is 5.39 Å². The van der Waals surface area contributed by atoms with E-state index in [4.69, 9.17) is 9.47 Å². The van der Waals surface area contributed by atoms with Gasteiger partial charge in [-0.2, -0.15) is 0 Å². The topological polar surface area (TPSA) is 48.4 Å². The molecule has 0 aliphatic heterocycles. The molecule has 0 amide bonds. The number of nitrogens with zero attached hydrogens (tertiary/aromatic N) is 1. The number of hydrogen-bond donors (Lipinski definition) is 0. The van der Waals surface area contributed by atoms with Gasteiger partial charge in [0.1, 0.15) is 5.56 Å². The minimum Gasteiger partial charge on any atom is -0.494 e. The second-order valence-corrected chi connectivity index (χ2v) is 3.61. The Hall–Kier alpha value is -2.10. The summed E-state index contributed by atoms with van der Waals surface area (Å²) in [6.45, 7) is 1.80. The standard InChI is InChI=1S/C13H13NO3/c1-8-12(16-2)11(13(15)17-3)9-6-4-5-7-10(9)14-8/h4-7H,1-3H3. The number of carbonyl (C=O) groups is 1. The van der Waals surface area contributed by atoms with Crippen LogP contribution in [-0.4, -0.2) is 25.2 Å². The van der Waals surface area contributed by atoms with Crippen molar-refractivity contribution in [3.63, 3.8) is 0 Å². The van der Waals surface area contributed by atoms with Gasteiger partial charge in [-0.15, -0.1) is 0 Å². The molecule has 1 aromatic heterocycles. The summed E-state index contributed by atoms with van der Waals surface area (Å²) in [5.41, 5.74) is 1.86. The molecule has 0 bridgehead atoms. The van der Waals surface area contributed by atoms with Crippen molar-refractivity contribution >= 4 is 16.9 Å². The van der Waals surface area contributed by atoms with Crippen LogP contribution >= 0.6 is 0 Å². The van der Waals surface area contributed by atoms with Crippen LogP contribution < -0.4 is 4.74 Å². The van der Waals surface area contributed by atoms with Gasteiger partial charge in [-0.1, -0.05) is 18.2 Å². The van der Waals surface area contributed by atoms with E-state index in [1.807, 2.05) is 24.3 Å². The van der Waals surface area contributed by atoms with Crippen molar-refractivity contribution in [2.24, 2.45) is 0 Å². The number of esters is 1. The second kappa shape index (κ2) is 4.41. The number of benzene rings is 1. The first-order chi connectivity index (χ1) is 8.19. The maximum Gasteiger partial charge on any atom is 0.342 e. The van der Waals surface area contributed by atoms with Gasteiger partial charge in [-0.3, -0.25) is 0 Å². The van der Waals surface area contributed by atoms with Crippen molar-refractivity contribution in [3.05, 3.63) is 35.5 Å². The van der Waals surface area contributed by atoms with Crippen LogP contribution in [0.2, 0.25) is 0 Å². The van der Waals surface area contributed by atoms with Crippen molar-refractivity contribution in [3.8, 4) is 5.75 Å². The smallest absolute Gasteiger partial charge is 0.342 e. The fraction of sp³-hybridized carbons (Fsp3) is 0.231. The third-order valence-corrected chi connectivity index (χ3v) is 2.61. The SMILES string of the molecule is COC(=O)c1c(OC)c(C)nc2ccccc12. The molecule has 2 rings (SSSR count). The number of fused-ring (bicyclic) bond motifs is 1. The van der Waals surface area contributed by atoms with Crippen molar-refractivity contribution in [1.82, 2.24) is 4.98 Å². The lowest BCUT2D eigenvalue weighted by Crippen LogP contribution is -2.07. The number of pyridine rings is 1. The van der Waals surface area contributed by atoms with Crippen LogP contribution in [0.4, 0.5) is 0 Å². The van der Waals surface area contributed by atoms with Crippen molar-refractivity contribution in [2.75, 3.05) is 14.2 Å². The zero-order valence-corrected chi connectivity index (χ0v) is 9.98. The highest BCUT2D eigenvalue weighted by atomic mass is 16.5. The predicted molar refractivity (Wildman–Crippen MR) is 64.4 cm³/mol. The first kappa shape index (κ1) is 11.4. The summed E-state index contributed by atoms with van der Waals surface area (Å²) < 4.78 is 10.0. The number of aryl methyl sites for hydroxylation is 1. The molecule has 0 N–H and O–H groups in total. The molecule has 1 heterocycles. The lowest BCUT2D eigenvalue weighted by molar-refractivity contribution is 0.0599. The van der Waals surface area contributed by atoms with Gasteiger partial charge >= 0.3 is 5.97 Å². The Bertz CT molecular complexity index is 578. The fourth-order valence-electron chi connectivity index (χ4n) is 1.87. The molecular weight excluding hydrogens is 218 g/mol. The van der Waals surface area contributed by atoms with Gasteiger partial charge < -0.3 is 9.47 Å². The molecule has 0 saturated carbocycles. The molecule has 0 radical (unpaired) electrons. The maximum atomic E-state index is 11.8. The summed E-state index contributed by atoms with van der Waals surface area (Å²) in [4.78, 5) is 16.2.